The lowest BCUT2D eigenvalue weighted by Crippen LogP contribution is -2.23. The number of nitrogen functional groups attached to an aromatic ring is 1. The molecule has 2 aromatic rings. The molecule has 0 saturated heterocycles. The molecule has 0 unspecified atom stereocenters. The molecule has 2 N–H and O–H groups in total. The zero-order chi connectivity index (χ0) is 11.0. The highest BCUT2D eigenvalue weighted by atomic mass is 16.1. The van der Waals surface area contributed by atoms with Gasteiger partial charge in [-0.25, -0.2) is 9.78 Å². The zero-order valence-electron chi connectivity index (χ0n) is 8.90. The molecule has 0 aliphatic heterocycles. The summed E-state index contributed by atoms with van der Waals surface area (Å²) in [7, 11) is 0. The summed E-state index contributed by atoms with van der Waals surface area (Å²) in [6, 6.07) is 3.56. The van der Waals surface area contributed by atoms with Crippen LogP contribution >= 0.6 is 0 Å². The van der Waals surface area contributed by atoms with Gasteiger partial charge in [-0.05, 0) is 26.0 Å². The molecule has 0 saturated carbocycles. The Morgan fingerprint density at radius 3 is 2.53 bits per heavy atom. The third-order valence-electron chi connectivity index (χ3n) is 2.52. The van der Waals surface area contributed by atoms with Crippen molar-refractivity contribution < 1.29 is 0 Å². The smallest absolute Gasteiger partial charge is 0.330 e. The zero-order valence-corrected chi connectivity index (χ0v) is 8.90. The highest BCUT2D eigenvalue weighted by molar-refractivity contribution is 5.73. The summed E-state index contributed by atoms with van der Waals surface area (Å²) < 4.78 is 3.33. The van der Waals surface area contributed by atoms with Crippen LogP contribution in [0.3, 0.4) is 0 Å². The van der Waals surface area contributed by atoms with Crippen LogP contribution in [0.4, 0.5) is 5.82 Å². The molecule has 2 rings (SSSR count). The number of nitrogens with two attached hydrogens (primary N) is 1. The molecule has 2 aromatic heterocycles. The minimum absolute atomic E-state index is 0.0203. The Hall–Kier alpha value is -1.78. The fraction of sp³-hybridized carbons (Fsp3) is 0.400. The second-order valence-corrected chi connectivity index (χ2v) is 3.35. The molecule has 5 nitrogen and oxygen atoms in total. The Labute approximate surface area is 87.1 Å². The maximum atomic E-state index is 11.9. The van der Waals surface area contributed by atoms with Gasteiger partial charge in [-0.1, -0.05) is 0 Å². The number of pyridine rings is 1. The topological polar surface area (TPSA) is 65.8 Å². The van der Waals surface area contributed by atoms with Crippen LogP contribution in [0.1, 0.15) is 13.8 Å². The van der Waals surface area contributed by atoms with Gasteiger partial charge in [0, 0.05) is 13.1 Å². The van der Waals surface area contributed by atoms with Crippen LogP contribution < -0.4 is 11.4 Å². The van der Waals surface area contributed by atoms with Crippen molar-refractivity contribution in [2.24, 2.45) is 0 Å². The van der Waals surface area contributed by atoms with Crippen molar-refractivity contribution in [3.05, 3.63) is 22.6 Å². The molecular weight excluding hydrogens is 192 g/mol. The van der Waals surface area contributed by atoms with Gasteiger partial charge in [0.05, 0.1) is 5.52 Å². The number of nitrogens with zero attached hydrogens (tertiary/aromatic N) is 3. The van der Waals surface area contributed by atoms with E-state index in [-0.39, 0.29) is 5.69 Å². The monoisotopic (exact) mass is 206 g/mol. The summed E-state index contributed by atoms with van der Waals surface area (Å²) >= 11 is 0. The van der Waals surface area contributed by atoms with Crippen molar-refractivity contribution in [1.29, 1.82) is 0 Å². The summed E-state index contributed by atoms with van der Waals surface area (Å²) in [4.78, 5) is 16.1. The van der Waals surface area contributed by atoms with Crippen molar-refractivity contribution in [3.63, 3.8) is 0 Å². The van der Waals surface area contributed by atoms with Crippen LogP contribution in [-0.2, 0) is 13.1 Å². The summed E-state index contributed by atoms with van der Waals surface area (Å²) in [5, 5.41) is 0. The van der Waals surface area contributed by atoms with Crippen LogP contribution in [0, 0.1) is 0 Å². The highest BCUT2D eigenvalue weighted by Crippen LogP contribution is 2.12. The lowest BCUT2D eigenvalue weighted by molar-refractivity contribution is 0.668. The first-order chi connectivity index (χ1) is 7.19. The third-order valence-corrected chi connectivity index (χ3v) is 2.52. The van der Waals surface area contributed by atoms with E-state index in [1.54, 1.807) is 15.2 Å². The quantitative estimate of drug-likeness (QED) is 0.791. The number of aromatic nitrogens is 3. The molecule has 0 aliphatic rings. The maximum absolute atomic E-state index is 11.9. The number of fused-ring (bicyclic) bond motifs is 1. The Morgan fingerprint density at radius 2 is 1.93 bits per heavy atom. The van der Waals surface area contributed by atoms with Gasteiger partial charge >= 0.3 is 5.69 Å². The standard InChI is InChI=1S/C10H14N4O/c1-3-13-7-5-6-8(11)12-9(7)14(4-2)10(13)15/h5-6H,3-4H2,1-2H3,(H2,11,12). The van der Waals surface area contributed by atoms with Crippen LogP contribution in [0.5, 0.6) is 0 Å². The number of hydrogen-bond acceptors (Lipinski definition) is 3. The normalized spacial score (nSPS) is 11.1. The van der Waals surface area contributed by atoms with Gasteiger partial charge in [-0.3, -0.25) is 9.13 Å². The van der Waals surface area contributed by atoms with E-state index in [4.69, 9.17) is 5.73 Å². The Morgan fingerprint density at radius 1 is 1.27 bits per heavy atom. The molecule has 0 aliphatic carbocycles. The van der Waals surface area contributed by atoms with E-state index in [1.807, 2.05) is 19.9 Å². The van der Waals surface area contributed by atoms with E-state index in [2.05, 4.69) is 4.98 Å². The van der Waals surface area contributed by atoms with Gasteiger partial charge < -0.3 is 5.73 Å². The summed E-state index contributed by atoms with van der Waals surface area (Å²) in [6.45, 7) is 5.12. The molecule has 0 amide bonds. The van der Waals surface area contributed by atoms with Crippen molar-refractivity contribution in [1.82, 2.24) is 14.1 Å². The minimum Gasteiger partial charge on any atom is -0.384 e. The van der Waals surface area contributed by atoms with Gasteiger partial charge in [0.2, 0.25) is 0 Å². The van der Waals surface area contributed by atoms with Crippen molar-refractivity contribution >= 4 is 17.0 Å². The number of imidazole rings is 1. The first-order valence-electron chi connectivity index (χ1n) is 5.04. The molecule has 15 heavy (non-hydrogen) atoms. The van der Waals surface area contributed by atoms with Gasteiger partial charge in [0.1, 0.15) is 5.82 Å². The minimum atomic E-state index is -0.0203. The Balaban J connectivity index is 2.92. The number of rotatable bonds is 2. The van der Waals surface area contributed by atoms with E-state index < -0.39 is 0 Å². The van der Waals surface area contributed by atoms with Crippen LogP contribution in [0.25, 0.3) is 11.2 Å². The van der Waals surface area contributed by atoms with Crippen LogP contribution in [0.15, 0.2) is 16.9 Å². The molecular formula is C10H14N4O. The average Bonchev–Trinajstić information content (AvgIpc) is 2.48. The molecule has 0 atom stereocenters. The van der Waals surface area contributed by atoms with Gasteiger partial charge in [-0.15, -0.1) is 0 Å². The SMILES string of the molecule is CCn1c(=O)n(CC)c2nc(N)ccc21. The number of hydrogen-bond donors (Lipinski definition) is 1. The largest absolute Gasteiger partial charge is 0.384 e. The molecule has 0 bridgehead atoms. The molecule has 2 heterocycles. The van der Waals surface area contributed by atoms with E-state index in [0.29, 0.717) is 24.6 Å². The van der Waals surface area contributed by atoms with E-state index >= 15 is 0 Å². The fourth-order valence-electron chi connectivity index (χ4n) is 1.79. The van der Waals surface area contributed by atoms with Crippen LogP contribution in [0.2, 0.25) is 0 Å². The van der Waals surface area contributed by atoms with Crippen molar-refractivity contribution in [2.45, 2.75) is 26.9 Å². The second kappa shape index (κ2) is 3.42. The van der Waals surface area contributed by atoms with Crippen LogP contribution in [-0.4, -0.2) is 14.1 Å². The fourth-order valence-corrected chi connectivity index (χ4v) is 1.79. The lowest BCUT2D eigenvalue weighted by Gasteiger charge is -1.97. The van der Waals surface area contributed by atoms with Gasteiger partial charge in [0.25, 0.3) is 0 Å². The molecule has 0 aromatic carbocycles. The maximum Gasteiger partial charge on any atom is 0.330 e. The molecule has 0 spiro atoms. The summed E-state index contributed by atoms with van der Waals surface area (Å²) in [6.07, 6.45) is 0. The predicted molar refractivity (Wildman–Crippen MR) is 59.8 cm³/mol. The molecule has 80 valence electrons. The Kier molecular flexibility index (Phi) is 2.22. The van der Waals surface area contributed by atoms with Gasteiger partial charge in [0.15, 0.2) is 5.65 Å². The van der Waals surface area contributed by atoms with E-state index in [9.17, 15) is 4.79 Å². The first kappa shape index (κ1) is 9.76. The average molecular weight is 206 g/mol. The lowest BCUT2D eigenvalue weighted by atomic mass is 10.4. The first-order valence-corrected chi connectivity index (χ1v) is 5.04. The highest BCUT2D eigenvalue weighted by Gasteiger charge is 2.11. The summed E-state index contributed by atoms with van der Waals surface area (Å²) in [5.41, 5.74) is 7.11. The summed E-state index contributed by atoms with van der Waals surface area (Å²) in [5.74, 6) is 0.443. The molecule has 0 fully saturated rings. The Bertz CT molecular complexity index is 552. The number of aryl methyl sites for hydroxylation is 2. The number of anilines is 1. The van der Waals surface area contributed by atoms with E-state index in [1.165, 1.54) is 0 Å². The third kappa shape index (κ3) is 1.31. The molecule has 5 heteroatoms. The van der Waals surface area contributed by atoms with Gasteiger partial charge in [-0.2, -0.15) is 0 Å². The van der Waals surface area contributed by atoms with Crippen molar-refractivity contribution in [2.75, 3.05) is 5.73 Å². The predicted octanol–water partition coefficient (Wildman–Crippen LogP) is 0.820. The molecule has 0 radical (unpaired) electrons. The van der Waals surface area contributed by atoms with Crippen molar-refractivity contribution in [3.8, 4) is 0 Å². The van der Waals surface area contributed by atoms with E-state index in [0.717, 1.165) is 5.52 Å². The second-order valence-electron chi connectivity index (χ2n) is 3.35.